The molecule has 0 aliphatic heterocycles. The Morgan fingerprint density at radius 3 is 1.21 bits per heavy atom. The number of rotatable bonds is 51. The molecule has 0 aromatic carbocycles. The fourth-order valence-corrected chi connectivity index (χ4v) is 8.67. The van der Waals surface area contributed by atoms with Crippen LogP contribution in [0.3, 0.4) is 0 Å². The van der Waals surface area contributed by atoms with Gasteiger partial charge in [-0.25, -0.2) is 4.57 Å². The highest BCUT2D eigenvalue weighted by Gasteiger charge is 2.23. The predicted molar refractivity (Wildman–Crippen MR) is 261 cm³/mol. The number of esters is 1. The van der Waals surface area contributed by atoms with Crippen LogP contribution in [-0.4, -0.2) is 54.3 Å². The summed E-state index contributed by atoms with van der Waals surface area (Å²) < 4.78 is 27.0. The van der Waals surface area contributed by atoms with Gasteiger partial charge in [-0.15, -0.1) is 0 Å². The number of carbonyl (C=O) groups is 2. The first-order chi connectivity index (χ1) is 30.3. The summed E-state index contributed by atoms with van der Waals surface area (Å²) in [4.78, 5) is 34.1. The molecule has 0 saturated carbocycles. The van der Waals surface area contributed by atoms with Gasteiger partial charge in [-0.3, -0.25) is 18.6 Å². The van der Waals surface area contributed by atoms with E-state index in [-0.39, 0.29) is 32.1 Å². The summed E-state index contributed by atoms with van der Waals surface area (Å²) in [6.07, 6.45) is 54.4. The maximum absolute atomic E-state index is 12.2. The molecule has 0 aromatic heterocycles. The van der Waals surface area contributed by atoms with Gasteiger partial charge in [0.15, 0.2) is 0 Å². The van der Waals surface area contributed by atoms with Crippen LogP contribution >= 0.6 is 7.82 Å². The second-order valence-electron chi connectivity index (χ2n) is 18.2. The highest BCUT2D eigenvalue weighted by atomic mass is 31.2. The van der Waals surface area contributed by atoms with E-state index in [1.165, 1.54) is 212 Å². The third-order valence-corrected chi connectivity index (χ3v) is 12.9. The summed E-state index contributed by atoms with van der Waals surface area (Å²) in [7, 11) is -4.42. The first-order valence-corrected chi connectivity index (χ1v) is 28.2. The van der Waals surface area contributed by atoms with Gasteiger partial charge in [0.2, 0.25) is 5.91 Å². The van der Waals surface area contributed by atoms with E-state index in [9.17, 15) is 24.2 Å². The Labute approximate surface area is 383 Å². The molecule has 0 aliphatic rings. The monoisotopic (exact) mass is 900 g/mol. The summed E-state index contributed by atoms with van der Waals surface area (Å²) >= 11 is 0. The SMILES string of the molecule is CCCCCCCCC/C=C\CCCCCCCCCC(=O)OCC(O)COP(=O)(O)OCCNC(=O)CCCCCCCCCCCCCCCCCCCCCCCCC. The number of aliphatic hydroxyl groups is 1. The summed E-state index contributed by atoms with van der Waals surface area (Å²) in [5.41, 5.74) is 0. The Morgan fingerprint density at radius 2 is 0.823 bits per heavy atom. The molecule has 2 atom stereocenters. The van der Waals surface area contributed by atoms with Crippen LogP contribution in [-0.2, 0) is 27.9 Å². The van der Waals surface area contributed by atoms with Crippen molar-refractivity contribution < 1.29 is 37.9 Å². The zero-order valence-corrected chi connectivity index (χ0v) is 41.7. The average Bonchev–Trinajstić information content (AvgIpc) is 3.26. The van der Waals surface area contributed by atoms with E-state index in [1.54, 1.807) is 0 Å². The molecule has 62 heavy (non-hydrogen) atoms. The van der Waals surface area contributed by atoms with E-state index in [0.29, 0.717) is 6.42 Å². The molecule has 0 heterocycles. The summed E-state index contributed by atoms with van der Waals surface area (Å²) in [6.45, 7) is 3.61. The van der Waals surface area contributed by atoms with E-state index in [4.69, 9.17) is 13.8 Å². The fraction of sp³-hybridized carbons (Fsp3) is 0.923. The van der Waals surface area contributed by atoms with E-state index in [2.05, 4.69) is 31.3 Å². The second-order valence-corrected chi connectivity index (χ2v) is 19.7. The zero-order chi connectivity index (χ0) is 45.3. The van der Waals surface area contributed by atoms with Crippen molar-refractivity contribution in [2.24, 2.45) is 0 Å². The molecule has 0 bridgehead atoms. The number of allylic oxidation sites excluding steroid dienone is 2. The predicted octanol–water partition coefficient (Wildman–Crippen LogP) is 15.7. The smallest absolute Gasteiger partial charge is 0.463 e. The van der Waals surface area contributed by atoms with E-state index >= 15 is 0 Å². The number of amides is 1. The van der Waals surface area contributed by atoms with Crippen LogP contribution in [0.15, 0.2) is 12.2 Å². The van der Waals surface area contributed by atoms with Crippen LogP contribution in [0.2, 0.25) is 0 Å². The Balaban J connectivity index is 3.50. The van der Waals surface area contributed by atoms with Gasteiger partial charge in [0.05, 0.1) is 13.2 Å². The molecule has 0 aromatic rings. The van der Waals surface area contributed by atoms with Crippen molar-refractivity contribution in [1.82, 2.24) is 5.32 Å². The minimum absolute atomic E-state index is 0.0866. The molecule has 10 heteroatoms. The highest BCUT2D eigenvalue weighted by Crippen LogP contribution is 2.42. The van der Waals surface area contributed by atoms with Gasteiger partial charge in [0.1, 0.15) is 12.7 Å². The molecule has 9 nitrogen and oxygen atoms in total. The molecule has 0 saturated heterocycles. The number of phosphoric acid groups is 1. The molecule has 368 valence electrons. The van der Waals surface area contributed by atoms with Crippen LogP contribution < -0.4 is 5.32 Å². The molecule has 3 N–H and O–H groups in total. The van der Waals surface area contributed by atoms with Crippen molar-refractivity contribution in [2.45, 2.75) is 283 Å². The van der Waals surface area contributed by atoms with Gasteiger partial charge >= 0.3 is 13.8 Å². The second kappa shape index (κ2) is 49.2. The topological polar surface area (TPSA) is 131 Å². The minimum atomic E-state index is -4.42. The van der Waals surface area contributed by atoms with Gasteiger partial charge in [-0.2, -0.15) is 0 Å². The Bertz CT molecular complexity index is 1030. The Hall–Kier alpha value is -1.25. The van der Waals surface area contributed by atoms with Crippen molar-refractivity contribution in [3.8, 4) is 0 Å². The van der Waals surface area contributed by atoms with Crippen LogP contribution in [0.25, 0.3) is 0 Å². The van der Waals surface area contributed by atoms with E-state index in [0.717, 1.165) is 38.5 Å². The van der Waals surface area contributed by atoms with E-state index in [1.807, 2.05) is 0 Å². The van der Waals surface area contributed by atoms with Crippen molar-refractivity contribution in [2.75, 3.05) is 26.4 Å². The van der Waals surface area contributed by atoms with Crippen molar-refractivity contribution >= 4 is 19.7 Å². The molecule has 2 unspecified atom stereocenters. The standard InChI is InChI=1S/C52H102NO8P/c1-3-5-7-9-11-13-15-17-19-21-23-24-25-26-27-28-30-32-34-36-38-40-42-44-51(55)53-46-47-60-62(57,58)61-49-50(54)48-59-52(56)45-43-41-39-37-35-33-31-29-22-20-18-16-14-12-10-8-6-4-2/h20,22,50,54H,3-19,21,23-49H2,1-2H3,(H,53,55)(H,57,58)/b22-20-. The summed E-state index contributed by atoms with van der Waals surface area (Å²) in [6, 6.07) is 0. The molecule has 0 fully saturated rings. The summed E-state index contributed by atoms with van der Waals surface area (Å²) in [5.74, 6) is -0.506. The quantitative estimate of drug-likeness (QED) is 0.0238. The minimum Gasteiger partial charge on any atom is -0.463 e. The number of carbonyl (C=O) groups excluding carboxylic acids is 2. The largest absolute Gasteiger partial charge is 0.472 e. The van der Waals surface area contributed by atoms with Gasteiger partial charge in [0.25, 0.3) is 0 Å². The maximum Gasteiger partial charge on any atom is 0.472 e. The average molecular weight is 900 g/mol. The lowest BCUT2D eigenvalue weighted by atomic mass is 10.0. The Kier molecular flexibility index (Phi) is 48.2. The van der Waals surface area contributed by atoms with Gasteiger partial charge in [-0.05, 0) is 38.5 Å². The fourth-order valence-electron chi connectivity index (χ4n) is 7.91. The molecular weight excluding hydrogens is 798 g/mol. The molecule has 1 amide bonds. The van der Waals surface area contributed by atoms with Crippen LogP contribution in [0.4, 0.5) is 0 Å². The lowest BCUT2D eigenvalue weighted by Crippen LogP contribution is -2.27. The van der Waals surface area contributed by atoms with Crippen LogP contribution in [0, 0.1) is 0 Å². The van der Waals surface area contributed by atoms with Crippen molar-refractivity contribution in [1.29, 1.82) is 0 Å². The van der Waals surface area contributed by atoms with Crippen LogP contribution in [0.5, 0.6) is 0 Å². The first kappa shape index (κ1) is 60.8. The number of aliphatic hydroxyl groups excluding tert-OH is 1. The van der Waals surface area contributed by atoms with Crippen LogP contribution in [0.1, 0.15) is 277 Å². The van der Waals surface area contributed by atoms with Gasteiger partial charge < -0.3 is 20.1 Å². The molecule has 0 aliphatic carbocycles. The number of phosphoric ester groups is 1. The highest BCUT2D eigenvalue weighted by molar-refractivity contribution is 7.47. The number of hydrogen-bond donors (Lipinski definition) is 3. The molecule has 0 rings (SSSR count). The number of unbranched alkanes of at least 4 members (excludes halogenated alkanes) is 36. The molecule has 0 spiro atoms. The van der Waals surface area contributed by atoms with E-state index < -0.39 is 26.5 Å². The lowest BCUT2D eigenvalue weighted by molar-refractivity contribution is -0.147. The lowest BCUT2D eigenvalue weighted by Gasteiger charge is -2.15. The van der Waals surface area contributed by atoms with Crippen molar-refractivity contribution in [3.63, 3.8) is 0 Å². The number of hydrogen-bond acceptors (Lipinski definition) is 7. The normalized spacial score (nSPS) is 13.2. The summed E-state index contributed by atoms with van der Waals surface area (Å²) in [5, 5.41) is 12.8. The maximum atomic E-state index is 12.2. The number of ether oxygens (including phenoxy) is 1. The molecular formula is C52H102NO8P. The van der Waals surface area contributed by atoms with Crippen molar-refractivity contribution in [3.05, 3.63) is 12.2 Å². The Morgan fingerprint density at radius 1 is 0.484 bits per heavy atom. The van der Waals surface area contributed by atoms with Gasteiger partial charge in [0, 0.05) is 19.4 Å². The molecule has 0 radical (unpaired) electrons. The van der Waals surface area contributed by atoms with Gasteiger partial charge in [-0.1, -0.05) is 238 Å². The third-order valence-electron chi connectivity index (χ3n) is 11.9. The zero-order valence-electron chi connectivity index (χ0n) is 40.8. The first-order valence-electron chi connectivity index (χ1n) is 26.7. The number of nitrogens with one attached hydrogen (secondary N) is 1. The third kappa shape index (κ3) is 49.8.